The lowest BCUT2D eigenvalue weighted by atomic mass is 10.8. The molecule has 5 heteroatoms. The van der Waals surface area contributed by atoms with Crippen molar-refractivity contribution < 1.29 is 9.13 Å². The van der Waals surface area contributed by atoms with E-state index in [1.807, 2.05) is 0 Å². The molecule has 49 valence electrons. The van der Waals surface area contributed by atoms with Crippen LogP contribution in [0.2, 0.25) is 0 Å². The topological polar surface area (TPSA) is 46.0 Å². The highest BCUT2D eigenvalue weighted by Crippen LogP contribution is 2.01. The third-order valence-electron chi connectivity index (χ3n) is 0.735. The van der Waals surface area contributed by atoms with Gasteiger partial charge in [-0.1, -0.05) is 0 Å². The Hall–Kier alpha value is -1.13. The SMILES string of the molecule is COC1=N[C](F)NC=N1. The first-order chi connectivity index (χ1) is 4.33. The van der Waals surface area contributed by atoms with Gasteiger partial charge in [0.1, 0.15) is 0 Å². The number of halogens is 1. The van der Waals surface area contributed by atoms with Gasteiger partial charge in [-0.05, 0) is 0 Å². The van der Waals surface area contributed by atoms with Crippen LogP contribution in [-0.2, 0) is 4.74 Å². The van der Waals surface area contributed by atoms with Gasteiger partial charge in [0.25, 0.3) is 0 Å². The van der Waals surface area contributed by atoms with Gasteiger partial charge in [-0.25, -0.2) is 0 Å². The van der Waals surface area contributed by atoms with Gasteiger partial charge in [-0.3, -0.25) is 0 Å². The van der Waals surface area contributed by atoms with Gasteiger partial charge in [0.05, 0.1) is 13.4 Å². The molecule has 1 rings (SSSR count). The largest absolute Gasteiger partial charge is 0.467 e. The number of aliphatic imine (C=N–C) groups is 2. The van der Waals surface area contributed by atoms with Gasteiger partial charge in [-0.2, -0.15) is 14.4 Å². The number of rotatable bonds is 0. The van der Waals surface area contributed by atoms with Crippen LogP contribution in [-0.4, -0.2) is 19.5 Å². The molecule has 0 spiro atoms. The van der Waals surface area contributed by atoms with Gasteiger partial charge in [-0.15, -0.1) is 0 Å². The molecular weight excluding hydrogens is 125 g/mol. The molecule has 0 aromatic carbocycles. The summed E-state index contributed by atoms with van der Waals surface area (Å²) in [5.74, 6) is 0. The molecule has 1 radical (unpaired) electrons. The molecule has 0 fully saturated rings. The van der Waals surface area contributed by atoms with E-state index in [1.165, 1.54) is 13.4 Å². The first-order valence-electron chi connectivity index (χ1n) is 2.27. The number of nitrogens with one attached hydrogen (secondary N) is 1. The van der Waals surface area contributed by atoms with Crippen LogP contribution in [0.5, 0.6) is 0 Å². The van der Waals surface area contributed by atoms with Gasteiger partial charge >= 0.3 is 12.4 Å². The lowest BCUT2D eigenvalue weighted by molar-refractivity contribution is 0.376. The molecule has 0 saturated carbocycles. The van der Waals surface area contributed by atoms with E-state index in [4.69, 9.17) is 0 Å². The summed E-state index contributed by atoms with van der Waals surface area (Å²) >= 11 is 0. The summed E-state index contributed by atoms with van der Waals surface area (Å²) in [6, 6.07) is 0.0197. The molecule has 0 atom stereocenters. The predicted octanol–water partition coefficient (Wildman–Crippen LogP) is 0.0368. The molecule has 0 unspecified atom stereocenters. The Morgan fingerprint density at radius 1 is 1.78 bits per heavy atom. The molecule has 1 aliphatic heterocycles. The summed E-state index contributed by atoms with van der Waals surface area (Å²) in [5, 5.41) is 2.14. The standard InChI is InChI=1S/C4H5FN3O/c1-9-4-7-2-6-3(5)8-4/h2H,1H3,(H,6,7,8). The quantitative estimate of drug-likeness (QED) is 0.470. The Labute approximate surface area is 51.4 Å². The number of hydrogen-bond acceptors (Lipinski definition) is 4. The van der Waals surface area contributed by atoms with E-state index < -0.39 is 6.42 Å². The van der Waals surface area contributed by atoms with Crippen molar-refractivity contribution in [3.05, 3.63) is 6.42 Å². The second kappa shape index (κ2) is 2.43. The maximum Gasteiger partial charge on any atom is 0.355 e. The van der Waals surface area contributed by atoms with E-state index in [9.17, 15) is 4.39 Å². The number of amidine groups is 1. The number of nitrogens with zero attached hydrogens (tertiary/aromatic N) is 2. The third kappa shape index (κ3) is 1.38. The highest BCUT2D eigenvalue weighted by Gasteiger charge is 2.09. The highest BCUT2D eigenvalue weighted by atomic mass is 19.1. The predicted molar refractivity (Wildman–Crippen MR) is 30.4 cm³/mol. The fourth-order valence-corrected chi connectivity index (χ4v) is 0.384. The summed E-state index contributed by atoms with van der Waals surface area (Å²) in [6.45, 7) is 0. The zero-order valence-corrected chi connectivity index (χ0v) is 4.76. The fraction of sp³-hybridized carbons (Fsp3) is 0.250. The lowest BCUT2D eigenvalue weighted by Gasteiger charge is -2.05. The first kappa shape index (κ1) is 6.00. The molecule has 1 heterocycles. The van der Waals surface area contributed by atoms with Crippen LogP contribution >= 0.6 is 0 Å². The highest BCUT2D eigenvalue weighted by molar-refractivity contribution is 5.85. The summed E-state index contributed by atoms with van der Waals surface area (Å²) < 4.78 is 16.6. The Morgan fingerprint density at radius 2 is 2.56 bits per heavy atom. The molecule has 4 nitrogen and oxygen atoms in total. The molecule has 0 saturated heterocycles. The van der Waals surface area contributed by atoms with Crippen LogP contribution in [0.1, 0.15) is 0 Å². The monoisotopic (exact) mass is 130 g/mol. The van der Waals surface area contributed by atoms with Gasteiger partial charge in [0.15, 0.2) is 0 Å². The Morgan fingerprint density at radius 3 is 3.00 bits per heavy atom. The van der Waals surface area contributed by atoms with Crippen LogP contribution in [0.25, 0.3) is 0 Å². The molecule has 0 amide bonds. The van der Waals surface area contributed by atoms with E-state index in [0.29, 0.717) is 0 Å². The Balaban J connectivity index is 2.59. The van der Waals surface area contributed by atoms with E-state index in [2.05, 4.69) is 20.0 Å². The zero-order valence-electron chi connectivity index (χ0n) is 4.76. The van der Waals surface area contributed by atoms with Crippen LogP contribution in [0.4, 0.5) is 4.39 Å². The lowest BCUT2D eigenvalue weighted by Crippen LogP contribution is -2.20. The van der Waals surface area contributed by atoms with Crippen molar-refractivity contribution in [2.45, 2.75) is 0 Å². The van der Waals surface area contributed by atoms with Crippen LogP contribution in [0, 0.1) is 6.42 Å². The van der Waals surface area contributed by atoms with E-state index in [1.54, 1.807) is 0 Å². The van der Waals surface area contributed by atoms with Crippen molar-refractivity contribution >= 4 is 12.4 Å². The molecule has 9 heavy (non-hydrogen) atoms. The average Bonchev–Trinajstić information content (AvgIpc) is 1.88. The van der Waals surface area contributed by atoms with Crippen molar-refractivity contribution in [1.29, 1.82) is 0 Å². The Bertz CT molecular complexity index is 156. The van der Waals surface area contributed by atoms with Crippen LogP contribution < -0.4 is 5.32 Å². The maximum absolute atomic E-state index is 12.1. The van der Waals surface area contributed by atoms with Gasteiger partial charge in [0, 0.05) is 0 Å². The van der Waals surface area contributed by atoms with E-state index >= 15 is 0 Å². The van der Waals surface area contributed by atoms with Crippen molar-refractivity contribution in [1.82, 2.24) is 5.32 Å². The number of hydrogen-bond donors (Lipinski definition) is 1. The van der Waals surface area contributed by atoms with Gasteiger partial charge < -0.3 is 10.1 Å². The van der Waals surface area contributed by atoms with E-state index in [0.717, 1.165) is 0 Å². The third-order valence-corrected chi connectivity index (χ3v) is 0.735. The summed E-state index contributed by atoms with van der Waals surface area (Å²) in [7, 11) is 1.37. The molecule has 1 aliphatic rings. The van der Waals surface area contributed by atoms with Crippen molar-refractivity contribution in [2.75, 3.05) is 7.11 Å². The smallest absolute Gasteiger partial charge is 0.355 e. The van der Waals surface area contributed by atoms with Gasteiger partial charge in [0.2, 0.25) is 0 Å². The Kier molecular flexibility index (Phi) is 1.62. The average molecular weight is 130 g/mol. The minimum Gasteiger partial charge on any atom is -0.467 e. The molecule has 0 aromatic rings. The minimum absolute atomic E-state index is 0.0197. The van der Waals surface area contributed by atoms with Crippen LogP contribution in [0.3, 0.4) is 0 Å². The first-order valence-corrected chi connectivity index (χ1v) is 2.27. The molecule has 1 N–H and O–H groups in total. The minimum atomic E-state index is -0.707. The van der Waals surface area contributed by atoms with Crippen LogP contribution in [0.15, 0.2) is 9.98 Å². The molecule has 0 aromatic heterocycles. The normalized spacial score (nSPS) is 18.7. The number of ether oxygens (including phenoxy) is 1. The van der Waals surface area contributed by atoms with Crippen molar-refractivity contribution in [2.24, 2.45) is 9.98 Å². The van der Waals surface area contributed by atoms with E-state index in [-0.39, 0.29) is 6.02 Å². The fourth-order valence-electron chi connectivity index (χ4n) is 0.384. The molecular formula is C4H5FN3O. The van der Waals surface area contributed by atoms with Crippen molar-refractivity contribution in [3.63, 3.8) is 0 Å². The second-order valence-corrected chi connectivity index (χ2v) is 1.29. The number of methoxy groups -OCH3 is 1. The second-order valence-electron chi connectivity index (χ2n) is 1.29. The molecule has 0 bridgehead atoms. The summed E-state index contributed by atoms with van der Waals surface area (Å²) in [6.07, 6.45) is 0.461. The van der Waals surface area contributed by atoms with Crippen molar-refractivity contribution in [3.8, 4) is 0 Å². The molecule has 0 aliphatic carbocycles. The summed E-state index contributed by atoms with van der Waals surface area (Å²) in [4.78, 5) is 6.77. The summed E-state index contributed by atoms with van der Waals surface area (Å²) in [5.41, 5.74) is 0. The zero-order chi connectivity index (χ0) is 6.69. The maximum atomic E-state index is 12.1.